The van der Waals surface area contributed by atoms with Crippen LogP contribution in [0.15, 0.2) is 48.5 Å². The smallest absolute Gasteiger partial charge is 0.253 e. The van der Waals surface area contributed by atoms with Gasteiger partial charge in [0.15, 0.2) is 0 Å². The van der Waals surface area contributed by atoms with Crippen LogP contribution < -0.4 is 0 Å². The van der Waals surface area contributed by atoms with Gasteiger partial charge in [-0.25, -0.2) is 4.98 Å². The van der Waals surface area contributed by atoms with E-state index in [1.807, 2.05) is 37.1 Å². The molecule has 0 N–H and O–H groups in total. The topological polar surface area (TPSA) is 41.4 Å². The zero-order valence-electron chi connectivity index (χ0n) is 19.3. The Kier molecular flexibility index (Phi) is 6.01. The summed E-state index contributed by atoms with van der Waals surface area (Å²) in [6.07, 6.45) is 7.67. The molecule has 1 saturated heterocycles. The summed E-state index contributed by atoms with van der Waals surface area (Å²) in [6.45, 7) is 5.06. The Balaban J connectivity index is 1.22. The lowest BCUT2D eigenvalue weighted by Gasteiger charge is -2.39. The molecule has 0 radical (unpaired) electrons. The highest BCUT2D eigenvalue weighted by Crippen LogP contribution is 2.27. The summed E-state index contributed by atoms with van der Waals surface area (Å²) in [4.78, 5) is 22.4. The number of amides is 1. The van der Waals surface area contributed by atoms with Crippen LogP contribution in [0.1, 0.15) is 60.3 Å². The van der Waals surface area contributed by atoms with Crippen molar-refractivity contribution >= 4 is 16.9 Å². The third-order valence-electron chi connectivity index (χ3n) is 7.60. The predicted molar refractivity (Wildman–Crippen MR) is 129 cm³/mol. The van der Waals surface area contributed by atoms with Crippen molar-refractivity contribution < 1.29 is 4.79 Å². The molecule has 1 saturated carbocycles. The van der Waals surface area contributed by atoms with E-state index in [4.69, 9.17) is 0 Å². The molecule has 32 heavy (non-hydrogen) atoms. The highest BCUT2D eigenvalue weighted by Gasteiger charge is 2.30. The molecule has 0 spiro atoms. The number of hydrogen-bond donors (Lipinski definition) is 0. The largest absolute Gasteiger partial charge is 0.339 e. The molecule has 5 nitrogen and oxygen atoms in total. The van der Waals surface area contributed by atoms with Crippen molar-refractivity contribution in [2.45, 2.75) is 64.1 Å². The lowest BCUT2D eigenvalue weighted by Crippen LogP contribution is -2.48. The molecular weight excluding hydrogens is 396 g/mol. The summed E-state index contributed by atoms with van der Waals surface area (Å²) < 4.78 is 2.23. The molecule has 168 valence electrons. The number of fused-ring (bicyclic) bond motifs is 1. The molecule has 1 aliphatic carbocycles. The van der Waals surface area contributed by atoms with Crippen LogP contribution in [0.25, 0.3) is 11.0 Å². The third-order valence-corrected chi connectivity index (χ3v) is 7.60. The Hall–Kier alpha value is -2.66. The van der Waals surface area contributed by atoms with Gasteiger partial charge >= 0.3 is 0 Å². The van der Waals surface area contributed by atoms with E-state index in [0.29, 0.717) is 6.04 Å². The quantitative estimate of drug-likeness (QED) is 0.580. The molecular formula is C27H34N4O. The van der Waals surface area contributed by atoms with E-state index in [9.17, 15) is 4.79 Å². The second-order valence-electron chi connectivity index (χ2n) is 9.55. The van der Waals surface area contributed by atoms with Crippen LogP contribution in [-0.4, -0.2) is 57.5 Å². The van der Waals surface area contributed by atoms with E-state index >= 15 is 0 Å². The van der Waals surface area contributed by atoms with Gasteiger partial charge in [-0.15, -0.1) is 0 Å². The van der Waals surface area contributed by atoms with Gasteiger partial charge in [-0.2, -0.15) is 0 Å². The number of likely N-dealkylation sites (tertiary alicyclic amines) is 1. The maximum atomic E-state index is 13.1. The number of nitrogens with zero attached hydrogens (tertiary/aromatic N) is 4. The first-order valence-electron chi connectivity index (χ1n) is 12.1. The summed E-state index contributed by atoms with van der Waals surface area (Å²) in [7, 11) is 1.98. The first kappa shape index (κ1) is 21.2. The van der Waals surface area contributed by atoms with Crippen LogP contribution in [0.3, 0.4) is 0 Å². The third kappa shape index (κ3) is 4.18. The number of aryl methyl sites for hydroxylation is 1. The van der Waals surface area contributed by atoms with Crippen LogP contribution in [-0.2, 0) is 6.54 Å². The van der Waals surface area contributed by atoms with E-state index in [1.165, 1.54) is 31.2 Å². The summed E-state index contributed by atoms with van der Waals surface area (Å²) in [5, 5.41) is 0. The number of carbonyl (C=O) groups is 1. The van der Waals surface area contributed by atoms with Gasteiger partial charge in [0.05, 0.1) is 11.0 Å². The van der Waals surface area contributed by atoms with Gasteiger partial charge in [-0.3, -0.25) is 4.79 Å². The standard InChI is InChI=1S/C27H34N4O/c1-20-28-25-9-5-6-10-26(25)31(20)19-21-11-13-22(14-12-21)27(32)29(2)23-15-17-30(18-16-23)24-7-3-4-8-24/h5-6,9-14,23-24H,3-4,7-8,15-19H2,1-2H3. The fourth-order valence-electron chi connectivity index (χ4n) is 5.61. The Labute approximate surface area is 191 Å². The Morgan fingerprint density at radius 1 is 1.00 bits per heavy atom. The number of rotatable bonds is 5. The van der Waals surface area contributed by atoms with Crippen LogP contribution in [0.5, 0.6) is 0 Å². The van der Waals surface area contributed by atoms with Gasteiger partial charge in [-0.1, -0.05) is 37.1 Å². The van der Waals surface area contributed by atoms with Crippen molar-refractivity contribution in [2.75, 3.05) is 20.1 Å². The maximum absolute atomic E-state index is 13.1. The molecule has 1 aromatic heterocycles. The lowest BCUT2D eigenvalue weighted by molar-refractivity contribution is 0.0598. The van der Waals surface area contributed by atoms with Crippen LogP contribution in [0.4, 0.5) is 0 Å². The van der Waals surface area contributed by atoms with Crippen molar-refractivity contribution in [2.24, 2.45) is 0 Å². The molecule has 0 bridgehead atoms. The minimum Gasteiger partial charge on any atom is -0.339 e. The number of benzene rings is 2. The van der Waals surface area contributed by atoms with Gasteiger partial charge in [0.1, 0.15) is 5.82 Å². The zero-order valence-corrected chi connectivity index (χ0v) is 19.3. The summed E-state index contributed by atoms with van der Waals surface area (Å²) in [5.74, 6) is 1.15. The normalized spacial score (nSPS) is 18.4. The van der Waals surface area contributed by atoms with Gasteiger partial charge in [-0.05, 0) is 62.4 Å². The van der Waals surface area contributed by atoms with Gasteiger partial charge in [0.2, 0.25) is 0 Å². The number of imidazole rings is 1. The number of piperidine rings is 1. The number of para-hydroxylation sites is 2. The van der Waals surface area contributed by atoms with Crippen LogP contribution >= 0.6 is 0 Å². The van der Waals surface area contributed by atoms with E-state index in [2.05, 4.69) is 44.8 Å². The molecule has 5 heteroatoms. The molecule has 1 amide bonds. The monoisotopic (exact) mass is 430 g/mol. The first-order valence-corrected chi connectivity index (χ1v) is 12.1. The van der Waals surface area contributed by atoms with Crippen LogP contribution in [0.2, 0.25) is 0 Å². The second kappa shape index (κ2) is 9.07. The average Bonchev–Trinajstić information content (AvgIpc) is 3.47. The highest BCUT2D eigenvalue weighted by molar-refractivity contribution is 5.94. The molecule has 3 aromatic rings. The highest BCUT2D eigenvalue weighted by atomic mass is 16.2. The zero-order chi connectivity index (χ0) is 22.1. The second-order valence-corrected chi connectivity index (χ2v) is 9.55. The Morgan fingerprint density at radius 2 is 1.69 bits per heavy atom. The number of aromatic nitrogens is 2. The summed E-state index contributed by atoms with van der Waals surface area (Å²) in [5.41, 5.74) is 4.13. The minimum absolute atomic E-state index is 0.139. The molecule has 5 rings (SSSR count). The SMILES string of the molecule is Cc1nc2ccccc2n1Cc1ccc(C(=O)N(C)C2CCN(C3CCCC3)CC2)cc1. The lowest BCUT2D eigenvalue weighted by atomic mass is 10.00. The van der Waals surface area contributed by atoms with Gasteiger partial charge < -0.3 is 14.4 Å². The van der Waals surface area contributed by atoms with E-state index in [0.717, 1.165) is 60.9 Å². The fourth-order valence-corrected chi connectivity index (χ4v) is 5.61. The first-order chi connectivity index (χ1) is 15.6. The Morgan fingerprint density at radius 3 is 2.41 bits per heavy atom. The van der Waals surface area contributed by atoms with Crippen molar-refractivity contribution in [3.05, 3.63) is 65.5 Å². The predicted octanol–water partition coefficient (Wildman–Crippen LogP) is 4.87. The van der Waals surface area contributed by atoms with Crippen LogP contribution in [0, 0.1) is 6.92 Å². The number of hydrogen-bond acceptors (Lipinski definition) is 3. The molecule has 2 heterocycles. The molecule has 0 unspecified atom stereocenters. The summed E-state index contributed by atoms with van der Waals surface area (Å²) in [6, 6.07) is 17.5. The molecule has 2 aliphatic rings. The van der Waals surface area contributed by atoms with E-state index < -0.39 is 0 Å². The number of carbonyl (C=O) groups excluding carboxylic acids is 1. The van der Waals surface area contributed by atoms with E-state index in [1.54, 1.807) is 0 Å². The molecule has 2 fully saturated rings. The maximum Gasteiger partial charge on any atom is 0.253 e. The fraction of sp³-hybridized carbons (Fsp3) is 0.481. The molecule has 1 aliphatic heterocycles. The van der Waals surface area contributed by atoms with Crippen molar-refractivity contribution in [1.82, 2.24) is 19.4 Å². The van der Waals surface area contributed by atoms with E-state index in [-0.39, 0.29) is 5.91 Å². The summed E-state index contributed by atoms with van der Waals surface area (Å²) >= 11 is 0. The minimum atomic E-state index is 0.139. The van der Waals surface area contributed by atoms with Crippen molar-refractivity contribution in [1.29, 1.82) is 0 Å². The van der Waals surface area contributed by atoms with Gasteiger partial charge in [0.25, 0.3) is 5.91 Å². The van der Waals surface area contributed by atoms with Crippen molar-refractivity contribution in [3.8, 4) is 0 Å². The van der Waals surface area contributed by atoms with Gasteiger partial charge in [0, 0.05) is 44.3 Å². The van der Waals surface area contributed by atoms with Crippen molar-refractivity contribution in [3.63, 3.8) is 0 Å². The molecule has 2 aromatic carbocycles. The average molecular weight is 431 g/mol. The Bertz CT molecular complexity index is 1070. The molecule has 0 atom stereocenters.